The number of hydrogen-bond donors (Lipinski definition) is 4. The lowest BCUT2D eigenvalue weighted by Gasteiger charge is -2.07. The maximum absolute atomic E-state index is 11.1. The number of carboxylic acid groups (broad SMARTS) is 1. The molecule has 0 radical (unpaired) electrons. The van der Waals surface area contributed by atoms with E-state index in [-0.39, 0.29) is 38.8 Å². The van der Waals surface area contributed by atoms with Gasteiger partial charge in [0.15, 0.2) is 0 Å². The first-order chi connectivity index (χ1) is 10.1. The maximum atomic E-state index is 11.1. The molecular formula is C11H21N3O7. The van der Waals surface area contributed by atoms with E-state index >= 15 is 0 Å². The summed E-state index contributed by atoms with van der Waals surface area (Å²) in [6, 6.07) is 0. The Morgan fingerprint density at radius 3 is 2.24 bits per heavy atom. The van der Waals surface area contributed by atoms with Crippen LogP contribution in [0.25, 0.3) is 0 Å². The number of nitrogens with one attached hydrogen (secondary N) is 2. The Labute approximate surface area is 121 Å². The quantitative estimate of drug-likeness (QED) is 0.132. The molecule has 0 spiro atoms. The van der Waals surface area contributed by atoms with Crippen molar-refractivity contribution in [1.82, 2.24) is 10.6 Å². The number of amides is 2. The monoisotopic (exact) mass is 307 g/mol. The van der Waals surface area contributed by atoms with Gasteiger partial charge < -0.3 is 25.2 Å². The highest BCUT2D eigenvalue weighted by molar-refractivity contribution is 5.93. The molecule has 21 heavy (non-hydrogen) atoms. The molecule has 0 aliphatic heterocycles. The van der Waals surface area contributed by atoms with E-state index in [4.69, 9.17) is 20.5 Å². The number of nitrogens with two attached hydrogens (primary N) is 1. The largest absolute Gasteiger partial charge is 0.481 e. The van der Waals surface area contributed by atoms with E-state index in [0.717, 1.165) is 0 Å². The van der Waals surface area contributed by atoms with Gasteiger partial charge in [-0.25, -0.2) is 5.90 Å². The van der Waals surface area contributed by atoms with Gasteiger partial charge >= 0.3 is 5.97 Å². The third-order valence-corrected chi connectivity index (χ3v) is 2.08. The summed E-state index contributed by atoms with van der Waals surface area (Å²) >= 11 is 0. The smallest absolute Gasteiger partial charge is 0.312 e. The molecule has 0 unspecified atom stereocenters. The standard InChI is InChI=1S/C11H21N3O7/c12-21-8-14-9(15)1-3-19-5-6-20-4-2-13-10(16)7-11(17)18/h1-8,12H2,(H,13,16)(H,14,15)(H,17,18). The number of aliphatic carboxylic acids is 1. The zero-order valence-electron chi connectivity index (χ0n) is 11.6. The Morgan fingerprint density at radius 2 is 1.62 bits per heavy atom. The van der Waals surface area contributed by atoms with E-state index in [1.165, 1.54) is 0 Å². The lowest BCUT2D eigenvalue weighted by molar-refractivity contribution is -0.140. The van der Waals surface area contributed by atoms with Crippen LogP contribution < -0.4 is 16.5 Å². The van der Waals surface area contributed by atoms with Crippen LogP contribution in [0.1, 0.15) is 12.8 Å². The zero-order valence-corrected chi connectivity index (χ0v) is 11.6. The fourth-order valence-electron chi connectivity index (χ4n) is 1.16. The molecule has 0 saturated heterocycles. The highest BCUT2D eigenvalue weighted by atomic mass is 16.6. The lowest BCUT2D eigenvalue weighted by Crippen LogP contribution is -2.29. The number of rotatable bonds is 13. The van der Waals surface area contributed by atoms with Gasteiger partial charge in [0.25, 0.3) is 0 Å². The Hall–Kier alpha value is -1.75. The summed E-state index contributed by atoms with van der Waals surface area (Å²) in [6.45, 7) is 1.30. The summed E-state index contributed by atoms with van der Waals surface area (Å²) in [7, 11) is 0. The predicted molar refractivity (Wildman–Crippen MR) is 69.8 cm³/mol. The summed E-state index contributed by atoms with van der Waals surface area (Å²) in [4.78, 5) is 36.4. The summed E-state index contributed by atoms with van der Waals surface area (Å²) < 4.78 is 10.3. The topological polar surface area (TPSA) is 149 Å². The first-order valence-corrected chi connectivity index (χ1v) is 6.28. The first-order valence-electron chi connectivity index (χ1n) is 6.28. The van der Waals surface area contributed by atoms with Crippen LogP contribution in [0.4, 0.5) is 0 Å². The number of hydrogen-bond acceptors (Lipinski definition) is 7. The third-order valence-electron chi connectivity index (χ3n) is 2.08. The molecule has 122 valence electrons. The van der Waals surface area contributed by atoms with Gasteiger partial charge in [-0.05, 0) is 0 Å². The van der Waals surface area contributed by atoms with Crippen molar-refractivity contribution in [3.63, 3.8) is 0 Å². The summed E-state index contributed by atoms with van der Waals surface area (Å²) in [5.41, 5.74) is 0. The predicted octanol–water partition coefficient (Wildman–Crippen LogP) is -2.04. The van der Waals surface area contributed by atoms with E-state index < -0.39 is 18.3 Å². The molecule has 0 heterocycles. The molecule has 0 saturated carbocycles. The van der Waals surface area contributed by atoms with Crippen LogP contribution in [0, 0.1) is 0 Å². The van der Waals surface area contributed by atoms with Crippen molar-refractivity contribution in [2.75, 3.05) is 39.7 Å². The van der Waals surface area contributed by atoms with E-state index in [0.29, 0.717) is 13.2 Å². The number of carbonyl (C=O) groups excluding carboxylic acids is 2. The van der Waals surface area contributed by atoms with Crippen LogP contribution in [-0.4, -0.2) is 62.6 Å². The second-order valence-corrected chi connectivity index (χ2v) is 3.81. The van der Waals surface area contributed by atoms with Crippen LogP contribution in [-0.2, 0) is 28.7 Å². The molecule has 0 rings (SSSR count). The molecule has 10 nitrogen and oxygen atoms in total. The van der Waals surface area contributed by atoms with Crippen LogP contribution in [0.2, 0.25) is 0 Å². The molecule has 0 aromatic carbocycles. The molecule has 0 atom stereocenters. The van der Waals surface area contributed by atoms with Crippen LogP contribution in [0.3, 0.4) is 0 Å². The van der Waals surface area contributed by atoms with Crippen molar-refractivity contribution in [2.45, 2.75) is 12.8 Å². The second kappa shape index (κ2) is 13.2. The SMILES string of the molecule is NOCNC(=O)CCOCCOCCNC(=O)CC(=O)O. The van der Waals surface area contributed by atoms with Crippen LogP contribution >= 0.6 is 0 Å². The molecular weight excluding hydrogens is 286 g/mol. The lowest BCUT2D eigenvalue weighted by atomic mass is 10.4. The van der Waals surface area contributed by atoms with Crippen molar-refractivity contribution >= 4 is 17.8 Å². The highest BCUT2D eigenvalue weighted by Gasteiger charge is 2.05. The minimum Gasteiger partial charge on any atom is -0.481 e. The van der Waals surface area contributed by atoms with E-state index in [1.807, 2.05) is 0 Å². The van der Waals surface area contributed by atoms with Crippen LogP contribution in [0.15, 0.2) is 0 Å². The number of ether oxygens (including phenoxy) is 2. The Morgan fingerprint density at radius 1 is 0.952 bits per heavy atom. The molecule has 0 aromatic heterocycles. The Balaban J connectivity index is 3.24. The van der Waals surface area contributed by atoms with Gasteiger partial charge in [-0.15, -0.1) is 0 Å². The van der Waals surface area contributed by atoms with Crippen molar-refractivity contribution in [1.29, 1.82) is 0 Å². The van der Waals surface area contributed by atoms with E-state index in [1.54, 1.807) is 0 Å². The molecule has 5 N–H and O–H groups in total. The summed E-state index contributed by atoms with van der Waals surface area (Å²) in [5, 5.41) is 13.1. The molecule has 0 aliphatic carbocycles. The fourth-order valence-corrected chi connectivity index (χ4v) is 1.16. The first kappa shape index (κ1) is 19.2. The molecule has 10 heteroatoms. The minimum absolute atomic E-state index is 0.0461. The van der Waals surface area contributed by atoms with Gasteiger partial charge in [0.2, 0.25) is 11.8 Å². The fraction of sp³-hybridized carbons (Fsp3) is 0.727. The van der Waals surface area contributed by atoms with E-state index in [2.05, 4.69) is 15.5 Å². The van der Waals surface area contributed by atoms with E-state index in [9.17, 15) is 14.4 Å². The van der Waals surface area contributed by atoms with Crippen LogP contribution in [0.5, 0.6) is 0 Å². The van der Waals surface area contributed by atoms with Gasteiger partial charge in [-0.3, -0.25) is 19.2 Å². The molecule has 0 aliphatic rings. The zero-order chi connectivity index (χ0) is 15.9. The van der Waals surface area contributed by atoms with Gasteiger partial charge in [-0.2, -0.15) is 0 Å². The van der Waals surface area contributed by atoms with Gasteiger partial charge in [0.1, 0.15) is 13.2 Å². The molecule has 2 amide bonds. The van der Waals surface area contributed by atoms with Gasteiger partial charge in [0.05, 0.1) is 32.8 Å². The molecule has 0 aromatic rings. The average Bonchev–Trinajstić information content (AvgIpc) is 2.42. The second-order valence-electron chi connectivity index (χ2n) is 3.81. The van der Waals surface area contributed by atoms with Crippen molar-refractivity contribution < 1.29 is 33.8 Å². The van der Waals surface area contributed by atoms with Crippen molar-refractivity contribution in [2.24, 2.45) is 5.90 Å². The van der Waals surface area contributed by atoms with Gasteiger partial charge in [-0.1, -0.05) is 0 Å². The molecule has 0 fully saturated rings. The Bertz CT molecular complexity index is 325. The number of carbonyl (C=O) groups is 3. The Kier molecular flexibility index (Phi) is 12.1. The van der Waals surface area contributed by atoms with Crippen molar-refractivity contribution in [3.05, 3.63) is 0 Å². The molecule has 0 bridgehead atoms. The van der Waals surface area contributed by atoms with Crippen molar-refractivity contribution in [3.8, 4) is 0 Å². The maximum Gasteiger partial charge on any atom is 0.312 e. The highest BCUT2D eigenvalue weighted by Crippen LogP contribution is 1.85. The third kappa shape index (κ3) is 14.5. The minimum atomic E-state index is -1.18. The summed E-state index contributed by atoms with van der Waals surface area (Å²) in [5.74, 6) is 2.76. The number of carboxylic acids is 1. The normalized spacial score (nSPS) is 10.1. The summed E-state index contributed by atoms with van der Waals surface area (Å²) in [6.07, 6.45) is -0.366. The average molecular weight is 307 g/mol. The van der Waals surface area contributed by atoms with Gasteiger partial charge in [0, 0.05) is 6.54 Å².